The number of aryl methyl sites for hydroxylation is 1. The van der Waals surface area contributed by atoms with E-state index in [-0.39, 0.29) is 12.0 Å². The number of aromatic hydroxyl groups is 1. The zero-order valence-electron chi connectivity index (χ0n) is 18.2. The molecule has 0 saturated heterocycles. The molecule has 0 spiro atoms. The second kappa shape index (κ2) is 11.0. The van der Waals surface area contributed by atoms with Crippen molar-refractivity contribution in [3.05, 3.63) is 113 Å². The third-order valence-corrected chi connectivity index (χ3v) is 4.72. The highest BCUT2D eigenvalue weighted by Gasteiger charge is 2.01. The summed E-state index contributed by atoms with van der Waals surface area (Å²) in [5.41, 5.74) is 5.52. The predicted molar refractivity (Wildman–Crippen MR) is 129 cm³/mol. The molecule has 158 valence electrons. The Morgan fingerprint density at radius 3 is 2.13 bits per heavy atom. The lowest BCUT2D eigenvalue weighted by Gasteiger charge is -2.12. The first kappa shape index (κ1) is 22.1. The number of methoxy groups -OCH3 is 1. The minimum Gasteiger partial charge on any atom is -0.508 e. The zero-order chi connectivity index (χ0) is 22.1. The van der Waals surface area contributed by atoms with Crippen LogP contribution in [0.25, 0.3) is 18.2 Å². The molecule has 0 aromatic heterocycles. The second-order valence-electron chi connectivity index (χ2n) is 7.31. The molecule has 1 atom stereocenters. The van der Waals surface area contributed by atoms with Gasteiger partial charge in [0.1, 0.15) is 11.5 Å². The average molecular weight is 413 g/mol. The van der Waals surface area contributed by atoms with E-state index in [0.29, 0.717) is 0 Å². The summed E-state index contributed by atoms with van der Waals surface area (Å²) in [5.74, 6) is 1.03. The molecule has 31 heavy (non-hydrogen) atoms. The maximum absolute atomic E-state index is 9.49. The molecule has 0 bridgehead atoms. The van der Waals surface area contributed by atoms with Gasteiger partial charge in [0.2, 0.25) is 0 Å². The number of hydrogen-bond acceptors (Lipinski definition) is 3. The number of ether oxygens (including phenoxy) is 2. The Labute approximate surface area is 184 Å². The first-order chi connectivity index (χ1) is 15.0. The number of benzene rings is 3. The highest BCUT2D eigenvalue weighted by molar-refractivity contribution is 5.68. The van der Waals surface area contributed by atoms with Gasteiger partial charge in [-0.2, -0.15) is 0 Å². The normalized spacial score (nSPS) is 13.1. The predicted octanol–water partition coefficient (Wildman–Crippen LogP) is 6.88. The van der Waals surface area contributed by atoms with Crippen molar-refractivity contribution in [3.63, 3.8) is 0 Å². The van der Waals surface area contributed by atoms with Crippen molar-refractivity contribution < 1.29 is 14.6 Å². The smallest absolute Gasteiger partial charge is 0.196 e. The summed E-state index contributed by atoms with van der Waals surface area (Å²) in [5, 5.41) is 9.49. The molecule has 0 fully saturated rings. The summed E-state index contributed by atoms with van der Waals surface area (Å²) < 4.78 is 10.8. The van der Waals surface area contributed by atoms with Gasteiger partial charge >= 0.3 is 0 Å². The Morgan fingerprint density at radius 1 is 0.839 bits per heavy atom. The van der Waals surface area contributed by atoms with Crippen LogP contribution in [0.1, 0.15) is 29.2 Å². The summed E-state index contributed by atoms with van der Waals surface area (Å²) >= 11 is 0. The van der Waals surface area contributed by atoms with E-state index in [1.165, 1.54) is 5.56 Å². The fraction of sp³-hybridized carbons (Fsp3) is 0.143. The van der Waals surface area contributed by atoms with E-state index in [1.54, 1.807) is 19.2 Å². The summed E-state index contributed by atoms with van der Waals surface area (Å²) in [7, 11) is 1.62. The lowest BCUT2D eigenvalue weighted by molar-refractivity contribution is -0.0382. The maximum Gasteiger partial charge on any atom is 0.196 e. The minimum atomic E-state index is -0.289. The number of phenolic OH excluding ortho intramolecular Hbond substituents is 1. The van der Waals surface area contributed by atoms with Crippen LogP contribution in [0, 0.1) is 6.92 Å². The Bertz CT molecular complexity index is 1060. The molecule has 3 aromatic rings. The van der Waals surface area contributed by atoms with E-state index in [9.17, 15) is 5.11 Å². The summed E-state index contributed by atoms with van der Waals surface area (Å²) in [4.78, 5) is 0. The molecule has 3 heteroatoms. The SMILES string of the molecule is COC(C)Oc1ccc(C=C(C=Cc2ccc(O)cc2)C=Cc2cccc(C)c2)cc1. The van der Waals surface area contributed by atoms with Crippen LogP contribution in [0.2, 0.25) is 0 Å². The van der Waals surface area contributed by atoms with Gasteiger partial charge in [-0.3, -0.25) is 0 Å². The summed E-state index contributed by atoms with van der Waals surface area (Å²) in [6.07, 6.45) is 10.1. The molecule has 0 heterocycles. The first-order valence-electron chi connectivity index (χ1n) is 10.2. The monoisotopic (exact) mass is 412 g/mol. The van der Waals surface area contributed by atoms with Crippen molar-refractivity contribution in [2.45, 2.75) is 20.1 Å². The molecule has 1 N–H and O–H groups in total. The van der Waals surface area contributed by atoms with Crippen molar-refractivity contribution >= 4 is 18.2 Å². The molecule has 3 rings (SSSR count). The molecule has 3 aromatic carbocycles. The second-order valence-corrected chi connectivity index (χ2v) is 7.31. The molecule has 0 aliphatic carbocycles. The number of hydrogen-bond donors (Lipinski definition) is 1. The van der Waals surface area contributed by atoms with E-state index < -0.39 is 0 Å². The highest BCUT2D eigenvalue weighted by atomic mass is 16.7. The molecule has 0 aliphatic heterocycles. The lowest BCUT2D eigenvalue weighted by atomic mass is 10.1. The standard InChI is InChI=1S/C28H28O3/c1-21-5-4-6-24(19-21)9-10-25(8-7-23-11-15-27(29)16-12-23)20-26-13-17-28(18-14-26)31-22(2)30-3/h4-20,22,29H,1-3H3. The minimum absolute atomic E-state index is 0.261. The average Bonchev–Trinajstić information content (AvgIpc) is 2.78. The quantitative estimate of drug-likeness (QED) is 0.324. The van der Waals surface area contributed by atoms with Gasteiger partial charge in [0.05, 0.1) is 0 Å². The fourth-order valence-corrected chi connectivity index (χ4v) is 2.97. The van der Waals surface area contributed by atoms with Crippen LogP contribution < -0.4 is 4.74 Å². The van der Waals surface area contributed by atoms with Crippen molar-refractivity contribution in [2.75, 3.05) is 7.11 Å². The maximum atomic E-state index is 9.49. The number of allylic oxidation sites excluding steroid dienone is 3. The Balaban J connectivity index is 1.85. The van der Waals surface area contributed by atoms with Crippen molar-refractivity contribution in [3.8, 4) is 11.5 Å². The topological polar surface area (TPSA) is 38.7 Å². The highest BCUT2D eigenvalue weighted by Crippen LogP contribution is 2.19. The molecular weight excluding hydrogens is 384 g/mol. The third kappa shape index (κ3) is 7.32. The van der Waals surface area contributed by atoms with Gasteiger partial charge in [0, 0.05) is 7.11 Å². The molecule has 3 nitrogen and oxygen atoms in total. The lowest BCUT2D eigenvalue weighted by Crippen LogP contribution is -2.13. The van der Waals surface area contributed by atoms with Crippen LogP contribution in [0.4, 0.5) is 0 Å². The van der Waals surface area contributed by atoms with E-state index in [1.807, 2.05) is 49.4 Å². The van der Waals surface area contributed by atoms with Crippen molar-refractivity contribution in [2.24, 2.45) is 0 Å². The largest absolute Gasteiger partial charge is 0.508 e. The van der Waals surface area contributed by atoms with Gasteiger partial charge in [0.15, 0.2) is 6.29 Å². The van der Waals surface area contributed by atoms with Crippen LogP contribution in [0.5, 0.6) is 11.5 Å². The molecule has 0 aliphatic rings. The third-order valence-electron chi connectivity index (χ3n) is 4.72. The Hall–Kier alpha value is -3.56. The fourth-order valence-electron chi connectivity index (χ4n) is 2.97. The van der Waals surface area contributed by atoms with Gasteiger partial charge in [-0.25, -0.2) is 0 Å². The number of rotatable bonds is 8. The van der Waals surface area contributed by atoms with Crippen LogP contribution in [0.15, 0.2) is 90.5 Å². The summed E-state index contributed by atoms with van der Waals surface area (Å²) in [6, 6.07) is 23.5. The molecule has 1 unspecified atom stereocenters. The van der Waals surface area contributed by atoms with E-state index in [0.717, 1.165) is 28.0 Å². The molecule has 0 radical (unpaired) electrons. The van der Waals surface area contributed by atoms with Crippen LogP contribution in [0.3, 0.4) is 0 Å². The van der Waals surface area contributed by atoms with Crippen LogP contribution >= 0.6 is 0 Å². The van der Waals surface area contributed by atoms with E-state index in [2.05, 4.69) is 55.5 Å². The van der Waals surface area contributed by atoms with Crippen LogP contribution in [-0.4, -0.2) is 18.5 Å². The van der Waals surface area contributed by atoms with Crippen molar-refractivity contribution in [1.29, 1.82) is 0 Å². The first-order valence-corrected chi connectivity index (χ1v) is 10.2. The van der Waals surface area contributed by atoms with E-state index in [4.69, 9.17) is 9.47 Å². The van der Waals surface area contributed by atoms with Gasteiger partial charge in [-0.15, -0.1) is 0 Å². The van der Waals surface area contributed by atoms with Gasteiger partial charge < -0.3 is 14.6 Å². The van der Waals surface area contributed by atoms with E-state index >= 15 is 0 Å². The molecule has 0 saturated carbocycles. The van der Waals surface area contributed by atoms with Crippen LogP contribution in [-0.2, 0) is 4.74 Å². The summed E-state index contributed by atoms with van der Waals surface area (Å²) in [6.45, 7) is 3.95. The van der Waals surface area contributed by atoms with Gasteiger partial charge in [0.25, 0.3) is 0 Å². The Kier molecular flexibility index (Phi) is 7.85. The molecule has 0 amide bonds. The Morgan fingerprint density at radius 2 is 1.48 bits per heavy atom. The van der Waals surface area contributed by atoms with Crippen molar-refractivity contribution in [1.82, 2.24) is 0 Å². The van der Waals surface area contributed by atoms with Gasteiger partial charge in [-0.05, 0) is 66.5 Å². The number of phenols is 1. The van der Waals surface area contributed by atoms with Gasteiger partial charge in [-0.1, -0.05) is 78.4 Å². The molecular formula is C28H28O3. The zero-order valence-corrected chi connectivity index (χ0v) is 18.2.